The van der Waals surface area contributed by atoms with Crippen molar-refractivity contribution in [1.29, 1.82) is 0 Å². The van der Waals surface area contributed by atoms with Crippen LogP contribution < -0.4 is 13.9 Å². The quantitative estimate of drug-likeness (QED) is 0.480. The number of allylic oxidation sites excluding steroid dienone is 1. The molecular formula is C26H36O3Si. The SMILES string of the molecule is COc1cc(C2=CCCc3c2ccc(C)c3O[Si](C)(C)C(C)(C)C)cc(C)c1OC. The Bertz CT molecular complexity index is 981. The van der Waals surface area contributed by atoms with Gasteiger partial charge in [-0.1, -0.05) is 39.0 Å². The summed E-state index contributed by atoms with van der Waals surface area (Å²) in [5.74, 6) is 2.66. The lowest BCUT2D eigenvalue weighted by molar-refractivity contribution is 0.353. The largest absolute Gasteiger partial charge is 0.543 e. The van der Waals surface area contributed by atoms with Crippen LogP contribution in [0.25, 0.3) is 5.57 Å². The van der Waals surface area contributed by atoms with Crippen molar-refractivity contribution in [3.63, 3.8) is 0 Å². The van der Waals surface area contributed by atoms with Gasteiger partial charge in [-0.2, -0.15) is 0 Å². The van der Waals surface area contributed by atoms with Gasteiger partial charge in [-0.15, -0.1) is 0 Å². The molecule has 0 saturated heterocycles. The molecule has 3 nitrogen and oxygen atoms in total. The van der Waals surface area contributed by atoms with Gasteiger partial charge in [0.25, 0.3) is 8.32 Å². The van der Waals surface area contributed by atoms with E-state index in [0.717, 1.165) is 41.2 Å². The maximum Gasteiger partial charge on any atom is 0.250 e. The molecule has 0 amide bonds. The minimum absolute atomic E-state index is 0.163. The second-order valence-corrected chi connectivity index (χ2v) is 14.5. The first kappa shape index (κ1) is 22.5. The molecule has 2 aromatic carbocycles. The number of rotatable bonds is 5. The van der Waals surface area contributed by atoms with Gasteiger partial charge in [-0.05, 0) is 84.8 Å². The monoisotopic (exact) mass is 424 g/mol. The standard InChI is InChI=1S/C26H36O3Si/c1-17-13-14-21-20(19-15-18(2)25(28-7)23(16-19)27-6)11-10-12-22(21)24(17)29-30(8,9)26(3,4)5/h11,13-16H,10,12H2,1-9H3. The van der Waals surface area contributed by atoms with Crippen molar-refractivity contribution in [3.8, 4) is 17.2 Å². The zero-order valence-corrected chi connectivity index (χ0v) is 21.0. The van der Waals surface area contributed by atoms with E-state index in [2.05, 4.69) is 78.1 Å². The topological polar surface area (TPSA) is 27.7 Å². The lowest BCUT2D eigenvalue weighted by Crippen LogP contribution is -2.44. The number of methoxy groups -OCH3 is 2. The first-order valence-corrected chi connectivity index (χ1v) is 13.7. The van der Waals surface area contributed by atoms with Crippen molar-refractivity contribution in [1.82, 2.24) is 0 Å². The van der Waals surface area contributed by atoms with Crippen molar-refractivity contribution in [2.75, 3.05) is 14.2 Å². The summed E-state index contributed by atoms with van der Waals surface area (Å²) in [6.45, 7) is 15.8. The normalized spacial score (nSPS) is 14.1. The van der Waals surface area contributed by atoms with E-state index < -0.39 is 8.32 Å². The third-order valence-corrected chi connectivity index (χ3v) is 11.0. The first-order valence-electron chi connectivity index (χ1n) is 10.7. The molecule has 0 unspecified atom stereocenters. The molecule has 3 rings (SSSR count). The minimum Gasteiger partial charge on any atom is -0.543 e. The van der Waals surface area contributed by atoms with E-state index >= 15 is 0 Å². The van der Waals surface area contributed by atoms with E-state index in [4.69, 9.17) is 13.9 Å². The fourth-order valence-electron chi connectivity index (χ4n) is 3.85. The van der Waals surface area contributed by atoms with Crippen LogP contribution in [0, 0.1) is 13.8 Å². The summed E-state index contributed by atoms with van der Waals surface area (Å²) in [7, 11) is 1.45. The van der Waals surface area contributed by atoms with Crippen LogP contribution >= 0.6 is 0 Å². The highest BCUT2D eigenvalue weighted by atomic mass is 28.4. The molecule has 0 aliphatic heterocycles. The van der Waals surface area contributed by atoms with E-state index in [1.165, 1.54) is 22.3 Å². The van der Waals surface area contributed by atoms with Gasteiger partial charge < -0.3 is 13.9 Å². The highest BCUT2D eigenvalue weighted by Crippen LogP contribution is 2.44. The van der Waals surface area contributed by atoms with E-state index in [-0.39, 0.29) is 5.04 Å². The average molecular weight is 425 g/mol. The van der Waals surface area contributed by atoms with Crippen LogP contribution in [-0.4, -0.2) is 22.5 Å². The van der Waals surface area contributed by atoms with Crippen LogP contribution in [-0.2, 0) is 6.42 Å². The van der Waals surface area contributed by atoms with Gasteiger partial charge in [-0.3, -0.25) is 0 Å². The number of benzene rings is 2. The van der Waals surface area contributed by atoms with E-state index in [9.17, 15) is 0 Å². The number of aryl methyl sites for hydroxylation is 2. The molecule has 2 aromatic rings. The van der Waals surface area contributed by atoms with Crippen LogP contribution in [0.3, 0.4) is 0 Å². The second kappa shape index (κ2) is 8.14. The van der Waals surface area contributed by atoms with Gasteiger partial charge in [0.05, 0.1) is 14.2 Å². The Hall–Kier alpha value is -2.20. The summed E-state index contributed by atoms with van der Waals surface area (Å²) in [4.78, 5) is 0. The summed E-state index contributed by atoms with van der Waals surface area (Å²) in [6, 6.07) is 8.73. The molecule has 0 radical (unpaired) electrons. The Morgan fingerprint density at radius 2 is 1.60 bits per heavy atom. The number of fused-ring (bicyclic) bond motifs is 1. The zero-order valence-electron chi connectivity index (χ0n) is 20.0. The molecule has 4 heteroatoms. The van der Waals surface area contributed by atoms with Gasteiger partial charge in [0.1, 0.15) is 5.75 Å². The Kier molecular flexibility index (Phi) is 6.10. The van der Waals surface area contributed by atoms with Crippen LogP contribution in [0.4, 0.5) is 0 Å². The van der Waals surface area contributed by atoms with Gasteiger partial charge >= 0.3 is 0 Å². The summed E-state index contributed by atoms with van der Waals surface area (Å²) in [5, 5.41) is 0.163. The van der Waals surface area contributed by atoms with Gasteiger partial charge in [0.15, 0.2) is 11.5 Å². The lowest BCUT2D eigenvalue weighted by atomic mass is 9.85. The van der Waals surface area contributed by atoms with Crippen molar-refractivity contribution >= 4 is 13.9 Å². The van der Waals surface area contributed by atoms with Crippen molar-refractivity contribution in [2.45, 2.75) is 65.6 Å². The molecule has 0 saturated carbocycles. The van der Waals surface area contributed by atoms with E-state index in [1.54, 1.807) is 14.2 Å². The molecule has 0 aromatic heterocycles. The molecule has 1 aliphatic rings. The summed E-state index contributed by atoms with van der Waals surface area (Å²) in [6.07, 6.45) is 4.36. The molecule has 0 N–H and O–H groups in total. The molecule has 0 fully saturated rings. The molecule has 0 spiro atoms. The minimum atomic E-state index is -1.93. The van der Waals surface area contributed by atoms with Gasteiger partial charge in [0.2, 0.25) is 0 Å². The third-order valence-electron chi connectivity index (χ3n) is 6.63. The van der Waals surface area contributed by atoms with Crippen molar-refractivity contribution < 1.29 is 13.9 Å². The second-order valence-electron chi connectivity index (χ2n) is 9.79. The van der Waals surface area contributed by atoms with Crippen molar-refractivity contribution in [3.05, 3.63) is 58.2 Å². The fraction of sp³-hybridized carbons (Fsp3) is 0.462. The molecule has 0 bridgehead atoms. The zero-order chi connectivity index (χ0) is 22.3. The molecule has 0 atom stereocenters. The van der Waals surface area contributed by atoms with E-state index in [1.807, 2.05) is 0 Å². The van der Waals surface area contributed by atoms with Crippen LogP contribution in [0.5, 0.6) is 17.2 Å². The highest BCUT2D eigenvalue weighted by Gasteiger charge is 2.40. The predicted octanol–water partition coefficient (Wildman–Crippen LogP) is 7.08. The molecule has 30 heavy (non-hydrogen) atoms. The van der Waals surface area contributed by atoms with Gasteiger partial charge in [0, 0.05) is 5.56 Å². The summed E-state index contributed by atoms with van der Waals surface area (Å²) >= 11 is 0. The smallest absolute Gasteiger partial charge is 0.250 e. The fourth-order valence-corrected chi connectivity index (χ4v) is 4.95. The predicted molar refractivity (Wildman–Crippen MR) is 129 cm³/mol. The maximum atomic E-state index is 6.85. The van der Waals surface area contributed by atoms with Gasteiger partial charge in [-0.25, -0.2) is 0 Å². The molecule has 1 aliphatic carbocycles. The Morgan fingerprint density at radius 1 is 0.900 bits per heavy atom. The van der Waals surface area contributed by atoms with Crippen LogP contribution in [0.2, 0.25) is 18.1 Å². The maximum absolute atomic E-state index is 6.85. The molecule has 0 heterocycles. The summed E-state index contributed by atoms with van der Waals surface area (Å²) < 4.78 is 18.0. The Labute approximate surface area is 183 Å². The Balaban J connectivity index is 2.12. The van der Waals surface area contributed by atoms with Crippen LogP contribution in [0.15, 0.2) is 30.3 Å². The Morgan fingerprint density at radius 3 is 2.20 bits per heavy atom. The highest BCUT2D eigenvalue weighted by molar-refractivity contribution is 6.74. The van der Waals surface area contributed by atoms with E-state index in [0.29, 0.717) is 0 Å². The number of hydrogen-bond donors (Lipinski definition) is 0. The summed E-state index contributed by atoms with van der Waals surface area (Å²) in [5.41, 5.74) is 7.32. The van der Waals surface area contributed by atoms with Crippen LogP contribution in [0.1, 0.15) is 55.0 Å². The molecular weight excluding hydrogens is 388 g/mol. The van der Waals surface area contributed by atoms with Crippen molar-refractivity contribution in [2.24, 2.45) is 0 Å². The lowest BCUT2D eigenvalue weighted by Gasteiger charge is -2.38. The number of hydrogen-bond acceptors (Lipinski definition) is 3. The third kappa shape index (κ3) is 4.02. The first-order chi connectivity index (χ1) is 14.0. The number of ether oxygens (including phenoxy) is 2. The molecule has 162 valence electrons. The average Bonchev–Trinajstić information content (AvgIpc) is 2.68.